The van der Waals surface area contributed by atoms with Crippen LogP contribution in [0.25, 0.3) is 11.0 Å². The maximum Gasteiger partial charge on any atom is 0.251 e. The number of fused-ring (bicyclic) bond motifs is 1. The van der Waals surface area contributed by atoms with Gasteiger partial charge in [0, 0.05) is 30.2 Å². The van der Waals surface area contributed by atoms with Gasteiger partial charge in [0.2, 0.25) is 0 Å². The van der Waals surface area contributed by atoms with Gasteiger partial charge < -0.3 is 11.1 Å². The number of anilines is 1. The zero-order chi connectivity index (χ0) is 14.7. The fourth-order valence-electron chi connectivity index (χ4n) is 2.02. The van der Waals surface area contributed by atoms with Crippen LogP contribution in [0.3, 0.4) is 0 Å². The van der Waals surface area contributed by atoms with Crippen molar-refractivity contribution in [3.8, 4) is 0 Å². The molecule has 1 aromatic heterocycles. The van der Waals surface area contributed by atoms with Crippen molar-refractivity contribution >= 4 is 22.6 Å². The second-order valence-electron chi connectivity index (χ2n) is 4.68. The van der Waals surface area contributed by atoms with Crippen LogP contribution in [0.15, 0.2) is 54.9 Å². The predicted octanol–water partition coefficient (Wildman–Crippen LogP) is 2.14. The molecule has 0 radical (unpaired) electrons. The van der Waals surface area contributed by atoms with Gasteiger partial charge in [-0.3, -0.25) is 14.8 Å². The molecule has 104 valence electrons. The number of hydrogen-bond acceptors (Lipinski definition) is 4. The summed E-state index contributed by atoms with van der Waals surface area (Å²) in [6.45, 7) is 0.456. The fourth-order valence-corrected chi connectivity index (χ4v) is 2.02. The van der Waals surface area contributed by atoms with Crippen LogP contribution < -0.4 is 11.1 Å². The third-order valence-electron chi connectivity index (χ3n) is 3.16. The van der Waals surface area contributed by atoms with Crippen LogP contribution in [0.4, 0.5) is 5.69 Å². The summed E-state index contributed by atoms with van der Waals surface area (Å²) in [5.41, 5.74) is 9.38. The highest BCUT2D eigenvalue weighted by atomic mass is 16.1. The number of nitrogens with two attached hydrogens (primary N) is 1. The van der Waals surface area contributed by atoms with Gasteiger partial charge in [0.05, 0.1) is 11.0 Å². The van der Waals surface area contributed by atoms with E-state index in [1.165, 1.54) is 0 Å². The van der Waals surface area contributed by atoms with Crippen LogP contribution in [-0.4, -0.2) is 15.9 Å². The molecule has 3 aromatic rings. The highest BCUT2D eigenvalue weighted by Gasteiger charge is 2.07. The molecule has 0 spiro atoms. The fraction of sp³-hybridized carbons (Fsp3) is 0.0625. The monoisotopic (exact) mass is 278 g/mol. The molecule has 2 aromatic carbocycles. The number of carbonyl (C=O) groups is 1. The summed E-state index contributed by atoms with van der Waals surface area (Å²) in [5.74, 6) is -0.139. The smallest absolute Gasteiger partial charge is 0.251 e. The first-order valence-electron chi connectivity index (χ1n) is 6.56. The average Bonchev–Trinajstić information content (AvgIpc) is 2.53. The van der Waals surface area contributed by atoms with Crippen molar-refractivity contribution in [1.82, 2.24) is 15.3 Å². The highest BCUT2D eigenvalue weighted by molar-refractivity contribution is 5.97. The predicted molar refractivity (Wildman–Crippen MR) is 81.6 cm³/mol. The minimum Gasteiger partial charge on any atom is -0.399 e. The summed E-state index contributed by atoms with van der Waals surface area (Å²) < 4.78 is 0. The van der Waals surface area contributed by atoms with E-state index in [0.717, 1.165) is 11.1 Å². The van der Waals surface area contributed by atoms with Gasteiger partial charge in [0.1, 0.15) is 0 Å². The lowest BCUT2D eigenvalue weighted by molar-refractivity contribution is 0.0951. The Morgan fingerprint density at radius 3 is 2.48 bits per heavy atom. The lowest BCUT2D eigenvalue weighted by Gasteiger charge is -2.06. The molecular weight excluding hydrogens is 264 g/mol. The van der Waals surface area contributed by atoms with Gasteiger partial charge >= 0.3 is 0 Å². The van der Waals surface area contributed by atoms with E-state index in [1.807, 2.05) is 24.3 Å². The van der Waals surface area contributed by atoms with Crippen molar-refractivity contribution in [2.45, 2.75) is 6.54 Å². The van der Waals surface area contributed by atoms with Crippen molar-refractivity contribution < 1.29 is 4.79 Å². The summed E-state index contributed by atoms with van der Waals surface area (Å²) in [4.78, 5) is 20.5. The van der Waals surface area contributed by atoms with E-state index in [2.05, 4.69) is 15.3 Å². The molecular formula is C16H14N4O. The van der Waals surface area contributed by atoms with E-state index in [4.69, 9.17) is 5.73 Å². The number of nitrogen functional groups attached to an aromatic ring is 1. The first kappa shape index (κ1) is 13.1. The molecule has 5 nitrogen and oxygen atoms in total. The topological polar surface area (TPSA) is 80.9 Å². The van der Waals surface area contributed by atoms with Gasteiger partial charge in [0.25, 0.3) is 5.91 Å². The molecule has 1 heterocycles. The third-order valence-corrected chi connectivity index (χ3v) is 3.16. The van der Waals surface area contributed by atoms with E-state index >= 15 is 0 Å². The Bertz CT molecular complexity index is 784. The van der Waals surface area contributed by atoms with Gasteiger partial charge in [-0.05, 0) is 35.9 Å². The Morgan fingerprint density at radius 1 is 1.00 bits per heavy atom. The van der Waals surface area contributed by atoms with Crippen molar-refractivity contribution in [2.75, 3.05) is 5.73 Å². The molecule has 3 rings (SSSR count). The van der Waals surface area contributed by atoms with Crippen LogP contribution in [-0.2, 0) is 6.54 Å². The molecule has 0 unspecified atom stereocenters. The Morgan fingerprint density at radius 2 is 1.71 bits per heavy atom. The first-order valence-corrected chi connectivity index (χ1v) is 6.56. The summed E-state index contributed by atoms with van der Waals surface area (Å²) >= 11 is 0. The van der Waals surface area contributed by atoms with Crippen LogP contribution in [0, 0.1) is 0 Å². The van der Waals surface area contributed by atoms with Crippen molar-refractivity contribution in [3.05, 3.63) is 66.0 Å². The number of amides is 1. The normalized spacial score (nSPS) is 10.5. The number of aromatic nitrogens is 2. The lowest BCUT2D eigenvalue weighted by atomic mass is 10.1. The van der Waals surface area contributed by atoms with E-state index in [0.29, 0.717) is 23.3 Å². The standard InChI is InChI=1S/C16H14N4O/c17-13-4-1-11(2-5-13)10-20-16(21)12-3-6-14-15(9-12)19-8-7-18-14/h1-9H,10,17H2,(H,20,21). The second-order valence-corrected chi connectivity index (χ2v) is 4.68. The molecule has 0 aliphatic rings. The Labute approximate surface area is 121 Å². The largest absolute Gasteiger partial charge is 0.399 e. The van der Waals surface area contributed by atoms with Crippen LogP contribution in [0.5, 0.6) is 0 Å². The number of hydrogen-bond donors (Lipinski definition) is 2. The minimum atomic E-state index is -0.139. The molecule has 21 heavy (non-hydrogen) atoms. The molecule has 0 fully saturated rings. The molecule has 0 atom stereocenters. The van der Waals surface area contributed by atoms with Gasteiger partial charge in [-0.2, -0.15) is 0 Å². The summed E-state index contributed by atoms with van der Waals surface area (Å²) in [7, 11) is 0. The zero-order valence-corrected chi connectivity index (χ0v) is 11.3. The number of rotatable bonds is 3. The van der Waals surface area contributed by atoms with E-state index in [9.17, 15) is 4.79 Å². The number of nitrogens with one attached hydrogen (secondary N) is 1. The molecule has 0 saturated heterocycles. The second kappa shape index (κ2) is 5.58. The summed E-state index contributed by atoms with van der Waals surface area (Å²) in [6.07, 6.45) is 3.24. The molecule has 0 aliphatic heterocycles. The molecule has 0 aliphatic carbocycles. The Hall–Kier alpha value is -2.95. The quantitative estimate of drug-likeness (QED) is 0.719. The lowest BCUT2D eigenvalue weighted by Crippen LogP contribution is -2.22. The molecule has 5 heteroatoms. The SMILES string of the molecule is Nc1ccc(CNC(=O)c2ccc3nccnc3c2)cc1. The first-order chi connectivity index (χ1) is 10.2. The molecule has 0 bridgehead atoms. The zero-order valence-electron chi connectivity index (χ0n) is 11.3. The van der Waals surface area contributed by atoms with Crippen LogP contribution in [0.1, 0.15) is 15.9 Å². The molecule has 3 N–H and O–H groups in total. The molecule has 1 amide bonds. The molecule has 0 saturated carbocycles. The maximum absolute atomic E-state index is 12.1. The number of nitrogens with zero attached hydrogens (tertiary/aromatic N) is 2. The highest BCUT2D eigenvalue weighted by Crippen LogP contribution is 2.11. The van der Waals surface area contributed by atoms with Gasteiger partial charge in [-0.25, -0.2) is 0 Å². The maximum atomic E-state index is 12.1. The average molecular weight is 278 g/mol. The summed E-state index contributed by atoms with van der Waals surface area (Å²) in [6, 6.07) is 12.7. The van der Waals surface area contributed by atoms with Crippen molar-refractivity contribution in [3.63, 3.8) is 0 Å². The Kier molecular flexibility index (Phi) is 3.47. The number of benzene rings is 2. The van der Waals surface area contributed by atoms with Crippen molar-refractivity contribution in [1.29, 1.82) is 0 Å². The van der Waals surface area contributed by atoms with Crippen molar-refractivity contribution in [2.24, 2.45) is 0 Å². The van der Waals surface area contributed by atoms with E-state index < -0.39 is 0 Å². The Balaban J connectivity index is 1.73. The summed E-state index contributed by atoms with van der Waals surface area (Å²) in [5, 5.41) is 2.87. The van der Waals surface area contributed by atoms with E-state index in [1.54, 1.807) is 30.6 Å². The number of carbonyl (C=O) groups excluding carboxylic acids is 1. The van der Waals surface area contributed by atoms with E-state index in [-0.39, 0.29) is 5.91 Å². The third kappa shape index (κ3) is 2.97. The minimum absolute atomic E-state index is 0.139. The van der Waals surface area contributed by atoms with Gasteiger partial charge in [-0.1, -0.05) is 12.1 Å². The van der Waals surface area contributed by atoms with Crippen LogP contribution in [0.2, 0.25) is 0 Å². The van der Waals surface area contributed by atoms with Gasteiger partial charge in [-0.15, -0.1) is 0 Å². The van der Waals surface area contributed by atoms with Gasteiger partial charge in [0.15, 0.2) is 0 Å². The van der Waals surface area contributed by atoms with Crippen LogP contribution >= 0.6 is 0 Å².